The summed E-state index contributed by atoms with van der Waals surface area (Å²) < 4.78 is 0. The summed E-state index contributed by atoms with van der Waals surface area (Å²) in [6, 6.07) is 21.7. The second-order valence-corrected chi connectivity index (χ2v) is 11.6. The van der Waals surface area contributed by atoms with Gasteiger partial charge in [0, 0.05) is 50.4 Å². The molecular formula is C30H34ClN5O2S. The second kappa shape index (κ2) is 12.8. The summed E-state index contributed by atoms with van der Waals surface area (Å²) in [7, 11) is 0. The molecule has 2 aliphatic rings. The normalized spacial score (nSPS) is 18.3. The summed E-state index contributed by atoms with van der Waals surface area (Å²) in [5.41, 5.74) is 2.07. The first kappa shape index (κ1) is 27.5. The van der Waals surface area contributed by atoms with Gasteiger partial charge in [0.15, 0.2) is 5.16 Å². The molecule has 204 valence electrons. The van der Waals surface area contributed by atoms with Crippen molar-refractivity contribution in [2.24, 2.45) is 5.92 Å². The van der Waals surface area contributed by atoms with E-state index in [1.54, 1.807) is 6.07 Å². The molecule has 1 unspecified atom stereocenters. The second-order valence-electron chi connectivity index (χ2n) is 10.3. The molecule has 1 atom stereocenters. The molecule has 1 aromatic heterocycles. The van der Waals surface area contributed by atoms with Gasteiger partial charge in [-0.15, -0.1) is 0 Å². The first-order valence-corrected chi connectivity index (χ1v) is 14.9. The lowest BCUT2D eigenvalue weighted by atomic mass is 9.90. The zero-order valence-corrected chi connectivity index (χ0v) is 23.8. The minimum absolute atomic E-state index is 0.0164. The zero-order valence-electron chi connectivity index (χ0n) is 22.2. The van der Waals surface area contributed by atoms with Gasteiger partial charge in [0.2, 0.25) is 5.91 Å². The van der Waals surface area contributed by atoms with E-state index in [0.717, 1.165) is 38.2 Å². The van der Waals surface area contributed by atoms with Crippen molar-refractivity contribution in [1.29, 1.82) is 0 Å². The van der Waals surface area contributed by atoms with E-state index >= 15 is 0 Å². The summed E-state index contributed by atoms with van der Waals surface area (Å²) in [6.45, 7) is 5.53. The molecule has 3 heterocycles. The monoisotopic (exact) mass is 563 g/mol. The van der Waals surface area contributed by atoms with E-state index in [1.807, 2.05) is 53.1 Å². The molecule has 0 radical (unpaired) electrons. The Morgan fingerprint density at radius 1 is 0.949 bits per heavy atom. The van der Waals surface area contributed by atoms with Crippen molar-refractivity contribution in [3.8, 4) is 0 Å². The van der Waals surface area contributed by atoms with Crippen LogP contribution in [0.1, 0.15) is 35.7 Å². The molecule has 3 aromatic rings. The van der Waals surface area contributed by atoms with Crippen LogP contribution in [0.3, 0.4) is 0 Å². The van der Waals surface area contributed by atoms with Gasteiger partial charge in [-0.2, -0.15) is 0 Å². The molecule has 2 aliphatic heterocycles. The maximum absolute atomic E-state index is 13.0. The van der Waals surface area contributed by atoms with Crippen molar-refractivity contribution < 1.29 is 9.59 Å². The Morgan fingerprint density at radius 3 is 2.33 bits per heavy atom. The number of rotatable bonds is 7. The fraction of sp³-hybridized carbons (Fsp3) is 0.400. The van der Waals surface area contributed by atoms with Gasteiger partial charge in [-0.3, -0.25) is 9.59 Å². The molecule has 0 bridgehead atoms. The van der Waals surface area contributed by atoms with Gasteiger partial charge in [-0.25, -0.2) is 9.97 Å². The molecule has 5 rings (SSSR count). The number of carbonyl (C=O) groups excluding carboxylic acids is 2. The van der Waals surface area contributed by atoms with Crippen molar-refractivity contribution in [3.05, 3.63) is 83.0 Å². The van der Waals surface area contributed by atoms with E-state index in [0.29, 0.717) is 47.2 Å². The van der Waals surface area contributed by atoms with Gasteiger partial charge >= 0.3 is 0 Å². The number of likely N-dealkylation sites (tertiary alicyclic amines) is 1. The predicted molar refractivity (Wildman–Crippen MR) is 156 cm³/mol. The first-order chi connectivity index (χ1) is 19.0. The van der Waals surface area contributed by atoms with E-state index < -0.39 is 0 Å². The van der Waals surface area contributed by atoms with Crippen molar-refractivity contribution >= 4 is 41.0 Å². The number of halogens is 1. The fourth-order valence-electron chi connectivity index (χ4n) is 5.38. The lowest BCUT2D eigenvalue weighted by Crippen LogP contribution is -2.54. The number of hydrogen-bond acceptors (Lipinski definition) is 6. The summed E-state index contributed by atoms with van der Waals surface area (Å²) in [5.74, 6) is 1.80. The van der Waals surface area contributed by atoms with Crippen LogP contribution in [0.25, 0.3) is 0 Å². The Morgan fingerprint density at radius 2 is 1.64 bits per heavy atom. The maximum Gasteiger partial charge on any atom is 0.254 e. The molecule has 0 N–H and O–H groups in total. The number of aromatic nitrogens is 2. The average molecular weight is 564 g/mol. The molecule has 2 aromatic carbocycles. The lowest BCUT2D eigenvalue weighted by Gasteiger charge is -2.40. The van der Waals surface area contributed by atoms with Crippen LogP contribution in [-0.4, -0.2) is 76.1 Å². The van der Waals surface area contributed by atoms with Crippen LogP contribution in [0.4, 0.5) is 5.82 Å². The van der Waals surface area contributed by atoms with Crippen molar-refractivity contribution in [1.82, 2.24) is 19.8 Å². The molecule has 9 heteroatoms. The van der Waals surface area contributed by atoms with Gasteiger partial charge < -0.3 is 14.7 Å². The van der Waals surface area contributed by atoms with Crippen LogP contribution in [0.2, 0.25) is 5.15 Å². The molecule has 2 saturated heterocycles. The highest BCUT2D eigenvalue weighted by molar-refractivity contribution is 7.99. The van der Waals surface area contributed by atoms with Crippen LogP contribution >= 0.6 is 23.4 Å². The van der Waals surface area contributed by atoms with E-state index in [1.165, 1.54) is 17.3 Å². The molecule has 0 aliphatic carbocycles. The number of anilines is 1. The minimum atomic E-state index is 0.0164. The number of hydrogen-bond donors (Lipinski definition) is 0. The highest BCUT2D eigenvalue weighted by Crippen LogP contribution is 2.26. The molecule has 2 amide bonds. The zero-order chi connectivity index (χ0) is 27.2. The van der Waals surface area contributed by atoms with Crippen LogP contribution in [0.15, 0.2) is 71.9 Å². The molecule has 2 fully saturated rings. The van der Waals surface area contributed by atoms with Gasteiger partial charge in [-0.05, 0) is 49.8 Å². The highest BCUT2D eigenvalue weighted by Gasteiger charge is 2.29. The van der Waals surface area contributed by atoms with E-state index in [2.05, 4.69) is 34.1 Å². The third kappa shape index (κ3) is 7.11. The number of nitrogens with zero attached hydrogens (tertiary/aromatic N) is 5. The molecular weight excluding hydrogens is 530 g/mol. The number of carbonyl (C=O) groups is 2. The first-order valence-electron chi connectivity index (χ1n) is 13.6. The van der Waals surface area contributed by atoms with Crippen LogP contribution in [0, 0.1) is 5.92 Å². The number of piperazine rings is 1. The topological polar surface area (TPSA) is 69.6 Å². The molecule has 0 spiro atoms. The van der Waals surface area contributed by atoms with Crippen molar-refractivity contribution in [2.45, 2.75) is 37.4 Å². The standard InChI is InChI=1S/C30H34ClN5O2S/c1-22-20-35(16-17-36(22)29(38)25-10-6-3-7-11-25)27-19-26(31)32-30(33-27)39-21-28(37)34-14-12-24(13-15-34)18-23-8-4-2-5-9-23/h2-11,19,22,24H,12-18,20-21H2,1H3. The van der Waals surface area contributed by atoms with Crippen molar-refractivity contribution in [2.75, 3.05) is 43.4 Å². The fourth-order valence-corrected chi connectivity index (χ4v) is 6.36. The Labute approximate surface area is 239 Å². The van der Waals surface area contributed by atoms with Gasteiger partial charge in [0.1, 0.15) is 11.0 Å². The predicted octanol–water partition coefficient (Wildman–Crippen LogP) is 5.05. The number of thioether (sulfide) groups is 1. The Hall–Kier alpha value is -3.10. The van der Waals surface area contributed by atoms with E-state index in [9.17, 15) is 9.59 Å². The van der Waals surface area contributed by atoms with Crippen LogP contribution in [0.5, 0.6) is 0 Å². The molecule has 39 heavy (non-hydrogen) atoms. The van der Waals surface area contributed by atoms with Crippen LogP contribution in [-0.2, 0) is 11.2 Å². The Kier molecular flexibility index (Phi) is 9.04. The smallest absolute Gasteiger partial charge is 0.254 e. The summed E-state index contributed by atoms with van der Waals surface area (Å²) >= 11 is 7.69. The van der Waals surface area contributed by atoms with E-state index in [4.69, 9.17) is 16.6 Å². The Bertz CT molecular complexity index is 1270. The molecule has 7 nitrogen and oxygen atoms in total. The Balaban J connectivity index is 1.13. The quantitative estimate of drug-likeness (QED) is 0.227. The van der Waals surface area contributed by atoms with Gasteiger partial charge in [-0.1, -0.05) is 71.9 Å². The summed E-state index contributed by atoms with van der Waals surface area (Å²) in [4.78, 5) is 41.0. The van der Waals surface area contributed by atoms with Gasteiger partial charge in [0.25, 0.3) is 5.91 Å². The summed E-state index contributed by atoms with van der Waals surface area (Å²) in [5, 5.41) is 0.854. The van der Waals surface area contributed by atoms with Gasteiger partial charge in [0.05, 0.1) is 5.75 Å². The van der Waals surface area contributed by atoms with Crippen LogP contribution < -0.4 is 4.90 Å². The number of piperidine rings is 1. The summed E-state index contributed by atoms with van der Waals surface area (Å²) in [6.07, 6.45) is 3.13. The van der Waals surface area contributed by atoms with E-state index in [-0.39, 0.29) is 17.9 Å². The number of amides is 2. The molecule has 0 saturated carbocycles. The highest BCUT2D eigenvalue weighted by atomic mass is 35.5. The minimum Gasteiger partial charge on any atom is -0.353 e. The number of benzene rings is 2. The lowest BCUT2D eigenvalue weighted by molar-refractivity contribution is -0.129. The maximum atomic E-state index is 13.0. The third-order valence-corrected chi connectivity index (χ3v) is 8.58. The average Bonchev–Trinajstić information content (AvgIpc) is 2.96. The van der Waals surface area contributed by atoms with Crippen molar-refractivity contribution in [3.63, 3.8) is 0 Å². The largest absolute Gasteiger partial charge is 0.353 e. The SMILES string of the molecule is CC1CN(c2cc(Cl)nc(SCC(=O)N3CCC(Cc4ccccc4)CC3)n2)CCN1C(=O)c1ccccc1. The third-order valence-electron chi connectivity index (χ3n) is 7.55.